The fourth-order valence-electron chi connectivity index (χ4n) is 1.37. The molecule has 0 fully saturated rings. The number of aliphatic hydroxyl groups is 1. The summed E-state index contributed by atoms with van der Waals surface area (Å²) in [5.74, 6) is 5.66. The van der Waals surface area contributed by atoms with Crippen molar-refractivity contribution in [2.24, 2.45) is 5.84 Å². The van der Waals surface area contributed by atoms with E-state index in [9.17, 15) is 15.2 Å². The molecule has 18 heavy (non-hydrogen) atoms. The van der Waals surface area contributed by atoms with Gasteiger partial charge in [-0.2, -0.15) is 0 Å². The van der Waals surface area contributed by atoms with Crippen molar-refractivity contribution in [3.8, 4) is 0 Å². The fourth-order valence-corrected chi connectivity index (χ4v) is 1.37. The van der Waals surface area contributed by atoms with Crippen LogP contribution >= 0.6 is 0 Å². The van der Waals surface area contributed by atoms with Crippen LogP contribution in [0, 0.1) is 10.1 Å². The van der Waals surface area contributed by atoms with Gasteiger partial charge in [-0.25, -0.2) is 10.8 Å². The molecular weight excluding hydrogens is 238 g/mol. The van der Waals surface area contributed by atoms with Crippen molar-refractivity contribution >= 4 is 17.3 Å². The quantitative estimate of drug-likeness (QED) is 0.323. The van der Waals surface area contributed by atoms with Crippen molar-refractivity contribution < 1.29 is 10.0 Å². The molecule has 0 saturated heterocycles. The zero-order chi connectivity index (χ0) is 13.5. The van der Waals surface area contributed by atoms with Gasteiger partial charge >= 0.3 is 5.69 Å². The van der Waals surface area contributed by atoms with Gasteiger partial charge in [0, 0.05) is 12.6 Å². The molecule has 0 aliphatic heterocycles. The number of hydrogen-bond donors (Lipinski definition) is 4. The summed E-state index contributed by atoms with van der Waals surface area (Å²) in [6.07, 6.45) is 0.712. The SMILES string of the molecule is CCC(O)CCNc1nc(NN)ccc1[N+](=O)[O-]. The second-order valence-electron chi connectivity index (χ2n) is 3.74. The Labute approximate surface area is 104 Å². The molecule has 0 spiro atoms. The number of aromatic nitrogens is 1. The van der Waals surface area contributed by atoms with E-state index in [4.69, 9.17) is 5.84 Å². The van der Waals surface area contributed by atoms with Crippen molar-refractivity contribution in [2.75, 3.05) is 17.3 Å². The van der Waals surface area contributed by atoms with Crippen molar-refractivity contribution in [2.45, 2.75) is 25.9 Å². The minimum atomic E-state index is -0.522. The summed E-state index contributed by atoms with van der Waals surface area (Å²) in [5.41, 5.74) is 2.20. The second kappa shape index (κ2) is 6.72. The minimum Gasteiger partial charge on any atom is -0.393 e. The van der Waals surface area contributed by atoms with E-state index in [1.807, 2.05) is 6.92 Å². The molecule has 0 bridgehead atoms. The number of rotatable bonds is 7. The third-order valence-electron chi connectivity index (χ3n) is 2.46. The van der Waals surface area contributed by atoms with E-state index in [1.54, 1.807) is 0 Å². The van der Waals surface area contributed by atoms with Gasteiger partial charge in [-0.1, -0.05) is 6.92 Å². The number of hydrogen-bond acceptors (Lipinski definition) is 7. The topological polar surface area (TPSA) is 126 Å². The van der Waals surface area contributed by atoms with Crippen LogP contribution in [0.25, 0.3) is 0 Å². The largest absolute Gasteiger partial charge is 0.393 e. The number of nitrogens with two attached hydrogens (primary N) is 1. The van der Waals surface area contributed by atoms with Crippen molar-refractivity contribution in [1.29, 1.82) is 0 Å². The third kappa shape index (κ3) is 3.82. The predicted octanol–water partition coefficient (Wildman–Crippen LogP) is 0.848. The first-order valence-corrected chi connectivity index (χ1v) is 5.62. The van der Waals surface area contributed by atoms with Crippen molar-refractivity contribution in [3.63, 3.8) is 0 Å². The molecule has 0 radical (unpaired) electrons. The maximum atomic E-state index is 10.8. The van der Waals surface area contributed by atoms with Gasteiger partial charge in [-0.05, 0) is 18.9 Å². The summed E-state index contributed by atoms with van der Waals surface area (Å²) in [7, 11) is 0. The van der Waals surface area contributed by atoms with Crippen LogP contribution in [0.4, 0.5) is 17.3 Å². The molecule has 5 N–H and O–H groups in total. The molecule has 8 heteroatoms. The second-order valence-corrected chi connectivity index (χ2v) is 3.74. The Balaban J connectivity index is 2.75. The van der Waals surface area contributed by atoms with Crippen LogP contribution in [0.2, 0.25) is 0 Å². The van der Waals surface area contributed by atoms with Gasteiger partial charge in [0.25, 0.3) is 0 Å². The summed E-state index contributed by atoms with van der Waals surface area (Å²) in [5, 5.41) is 23.0. The summed E-state index contributed by atoms with van der Waals surface area (Å²) in [6.45, 7) is 2.27. The average molecular weight is 255 g/mol. The summed E-state index contributed by atoms with van der Waals surface area (Å²) in [6, 6.07) is 2.74. The fraction of sp³-hybridized carbons (Fsp3) is 0.500. The highest BCUT2D eigenvalue weighted by molar-refractivity contribution is 5.59. The first-order valence-electron chi connectivity index (χ1n) is 5.62. The van der Waals surface area contributed by atoms with Gasteiger partial charge in [-0.15, -0.1) is 0 Å². The Morgan fingerprint density at radius 2 is 2.33 bits per heavy atom. The predicted molar refractivity (Wildman–Crippen MR) is 68.1 cm³/mol. The maximum absolute atomic E-state index is 10.8. The van der Waals surface area contributed by atoms with E-state index in [1.165, 1.54) is 12.1 Å². The third-order valence-corrected chi connectivity index (χ3v) is 2.46. The molecule has 1 rings (SSSR count). The van der Waals surface area contributed by atoms with E-state index in [-0.39, 0.29) is 11.5 Å². The normalized spacial score (nSPS) is 11.9. The molecule has 0 amide bonds. The van der Waals surface area contributed by atoms with Crippen LogP contribution in [-0.4, -0.2) is 27.7 Å². The summed E-state index contributed by atoms with van der Waals surface area (Å²) >= 11 is 0. The van der Waals surface area contributed by atoms with Crippen LogP contribution in [0.5, 0.6) is 0 Å². The Morgan fingerprint density at radius 3 is 2.89 bits per heavy atom. The molecule has 0 aromatic carbocycles. The van der Waals surface area contributed by atoms with Gasteiger partial charge in [0.1, 0.15) is 5.82 Å². The molecule has 1 heterocycles. The number of anilines is 2. The Morgan fingerprint density at radius 1 is 1.61 bits per heavy atom. The number of aliphatic hydroxyl groups excluding tert-OH is 1. The Hall–Kier alpha value is -1.93. The number of nitrogens with zero attached hydrogens (tertiary/aromatic N) is 2. The summed E-state index contributed by atoms with van der Waals surface area (Å²) in [4.78, 5) is 14.2. The lowest BCUT2D eigenvalue weighted by atomic mass is 10.2. The maximum Gasteiger partial charge on any atom is 0.311 e. The molecule has 0 aliphatic carbocycles. The standard InChI is InChI=1S/C10H17N5O3/c1-2-7(16)5-6-12-10-8(15(17)18)3-4-9(13-10)14-11/h3-4,7,16H,2,5-6,11H2,1H3,(H2,12,13,14). The van der Waals surface area contributed by atoms with Gasteiger partial charge in [0.05, 0.1) is 11.0 Å². The number of nitrogens with one attached hydrogen (secondary N) is 2. The zero-order valence-corrected chi connectivity index (χ0v) is 10.1. The first-order chi connectivity index (χ1) is 8.58. The number of pyridine rings is 1. The van der Waals surface area contributed by atoms with E-state index >= 15 is 0 Å². The van der Waals surface area contributed by atoms with Crippen LogP contribution in [-0.2, 0) is 0 Å². The van der Waals surface area contributed by atoms with E-state index < -0.39 is 11.0 Å². The molecule has 1 unspecified atom stereocenters. The van der Waals surface area contributed by atoms with E-state index in [0.717, 1.165) is 0 Å². The van der Waals surface area contributed by atoms with Crippen LogP contribution in [0.3, 0.4) is 0 Å². The van der Waals surface area contributed by atoms with Crippen LogP contribution in [0.1, 0.15) is 19.8 Å². The molecular formula is C10H17N5O3. The van der Waals surface area contributed by atoms with Crippen molar-refractivity contribution in [1.82, 2.24) is 4.98 Å². The minimum absolute atomic E-state index is 0.125. The Kier molecular flexibility index (Phi) is 5.28. The highest BCUT2D eigenvalue weighted by atomic mass is 16.6. The zero-order valence-electron chi connectivity index (χ0n) is 10.1. The lowest BCUT2D eigenvalue weighted by Gasteiger charge is -2.10. The molecule has 100 valence electrons. The van der Waals surface area contributed by atoms with Gasteiger partial charge in [0.15, 0.2) is 0 Å². The van der Waals surface area contributed by atoms with E-state index in [2.05, 4.69) is 15.7 Å². The lowest BCUT2D eigenvalue weighted by Crippen LogP contribution is -2.15. The number of nitro groups is 1. The van der Waals surface area contributed by atoms with Crippen LogP contribution < -0.4 is 16.6 Å². The molecule has 0 aliphatic rings. The number of nitrogen functional groups attached to an aromatic ring is 1. The summed E-state index contributed by atoms with van der Waals surface area (Å²) < 4.78 is 0. The lowest BCUT2D eigenvalue weighted by molar-refractivity contribution is -0.384. The van der Waals surface area contributed by atoms with Gasteiger partial charge in [-0.3, -0.25) is 10.1 Å². The monoisotopic (exact) mass is 255 g/mol. The highest BCUT2D eigenvalue weighted by Crippen LogP contribution is 2.23. The van der Waals surface area contributed by atoms with Gasteiger partial charge < -0.3 is 15.8 Å². The highest BCUT2D eigenvalue weighted by Gasteiger charge is 2.15. The number of hydrazine groups is 1. The van der Waals surface area contributed by atoms with Crippen molar-refractivity contribution in [3.05, 3.63) is 22.2 Å². The average Bonchev–Trinajstić information content (AvgIpc) is 2.37. The molecule has 1 atom stereocenters. The van der Waals surface area contributed by atoms with Gasteiger partial charge in [0.2, 0.25) is 5.82 Å². The van der Waals surface area contributed by atoms with Crippen LogP contribution in [0.15, 0.2) is 12.1 Å². The smallest absolute Gasteiger partial charge is 0.311 e. The van der Waals surface area contributed by atoms with E-state index in [0.29, 0.717) is 25.2 Å². The molecule has 8 nitrogen and oxygen atoms in total. The molecule has 1 aromatic heterocycles. The first kappa shape index (κ1) is 14.1. The Bertz CT molecular complexity index is 412. The molecule has 1 aromatic rings. The molecule has 0 saturated carbocycles.